The van der Waals surface area contributed by atoms with Crippen molar-refractivity contribution in [1.29, 1.82) is 0 Å². The lowest BCUT2D eigenvalue weighted by molar-refractivity contribution is 0.772. The highest BCUT2D eigenvalue weighted by molar-refractivity contribution is 5.84. The zero-order valence-electron chi connectivity index (χ0n) is 8.81. The van der Waals surface area contributed by atoms with Crippen molar-refractivity contribution in [2.75, 3.05) is 5.73 Å². The van der Waals surface area contributed by atoms with Crippen LogP contribution in [-0.2, 0) is 7.05 Å². The number of imidazole rings is 1. The summed E-state index contributed by atoms with van der Waals surface area (Å²) in [6.45, 7) is 0. The fourth-order valence-electron chi connectivity index (χ4n) is 1.83. The average Bonchev–Trinajstić information content (AvgIpc) is 2.83. The molecule has 3 rings (SSSR count). The number of aryl methyl sites for hydroxylation is 1. The Bertz CT molecular complexity index is 649. The number of nitrogens with zero attached hydrogens (tertiary/aromatic N) is 3. The molecule has 0 bridgehead atoms. The molecule has 5 nitrogen and oxygen atoms in total. The van der Waals surface area contributed by atoms with Crippen molar-refractivity contribution in [2.45, 2.75) is 0 Å². The second-order valence-electron chi connectivity index (χ2n) is 3.74. The molecule has 0 aliphatic carbocycles. The minimum Gasteiger partial charge on any atom is -0.382 e. The Balaban J connectivity index is 2.21. The number of aromatic nitrogens is 4. The number of benzene rings is 1. The molecule has 0 radical (unpaired) electrons. The van der Waals surface area contributed by atoms with Crippen LogP contribution in [0.15, 0.2) is 30.7 Å². The number of H-pyrrole nitrogens is 1. The lowest BCUT2D eigenvalue weighted by Gasteiger charge is -1.98. The minimum atomic E-state index is 0.543. The molecule has 16 heavy (non-hydrogen) atoms. The molecule has 0 spiro atoms. The van der Waals surface area contributed by atoms with Gasteiger partial charge >= 0.3 is 0 Å². The van der Waals surface area contributed by atoms with E-state index >= 15 is 0 Å². The van der Waals surface area contributed by atoms with Crippen molar-refractivity contribution in [2.24, 2.45) is 7.05 Å². The molecule has 2 aromatic heterocycles. The van der Waals surface area contributed by atoms with Crippen LogP contribution in [0, 0.1) is 0 Å². The highest BCUT2D eigenvalue weighted by atomic mass is 15.3. The Morgan fingerprint density at radius 3 is 3.00 bits per heavy atom. The van der Waals surface area contributed by atoms with Crippen molar-refractivity contribution >= 4 is 16.9 Å². The maximum atomic E-state index is 5.84. The first-order valence-electron chi connectivity index (χ1n) is 4.96. The molecule has 0 fully saturated rings. The van der Waals surface area contributed by atoms with Gasteiger partial charge < -0.3 is 10.7 Å². The van der Waals surface area contributed by atoms with Crippen LogP contribution in [0.1, 0.15) is 0 Å². The summed E-state index contributed by atoms with van der Waals surface area (Å²) in [5.41, 5.74) is 9.77. The smallest absolute Gasteiger partial charge is 0.153 e. The quantitative estimate of drug-likeness (QED) is 0.644. The van der Waals surface area contributed by atoms with Crippen LogP contribution in [0.25, 0.3) is 22.2 Å². The van der Waals surface area contributed by atoms with Gasteiger partial charge in [-0.25, -0.2) is 4.98 Å². The highest BCUT2D eigenvalue weighted by Gasteiger charge is 2.07. The monoisotopic (exact) mass is 213 g/mol. The Hall–Kier alpha value is -2.30. The first kappa shape index (κ1) is 8.96. The largest absolute Gasteiger partial charge is 0.382 e. The van der Waals surface area contributed by atoms with Crippen molar-refractivity contribution in [3.05, 3.63) is 30.7 Å². The summed E-state index contributed by atoms with van der Waals surface area (Å²) >= 11 is 0. The normalized spacial score (nSPS) is 11.1. The van der Waals surface area contributed by atoms with Gasteiger partial charge in [0.1, 0.15) is 0 Å². The van der Waals surface area contributed by atoms with E-state index in [1.54, 1.807) is 11.0 Å². The van der Waals surface area contributed by atoms with Crippen LogP contribution in [0.5, 0.6) is 0 Å². The van der Waals surface area contributed by atoms with E-state index in [2.05, 4.69) is 15.1 Å². The summed E-state index contributed by atoms with van der Waals surface area (Å²) in [6, 6.07) is 5.99. The van der Waals surface area contributed by atoms with Crippen molar-refractivity contribution in [3.63, 3.8) is 0 Å². The second kappa shape index (κ2) is 3.10. The van der Waals surface area contributed by atoms with E-state index in [1.807, 2.05) is 31.4 Å². The molecule has 5 heteroatoms. The zero-order valence-corrected chi connectivity index (χ0v) is 8.81. The molecule has 0 saturated heterocycles. The summed E-state index contributed by atoms with van der Waals surface area (Å²) in [5, 5.41) is 4.12. The third-order valence-corrected chi connectivity index (χ3v) is 2.59. The van der Waals surface area contributed by atoms with E-state index in [9.17, 15) is 0 Å². The lowest BCUT2D eigenvalue weighted by atomic mass is 10.1. The molecule has 0 aliphatic heterocycles. The molecule has 0 unspecified atom stereocenters. The topological polar surface area (TPSA) is 72.5 Å². The van der Waals surface area contributed by atoms with Gasteiger partial charge in [0.2, 0.25) is 0 Å². The van der Waals surface area contributed by atoms with Crippen LogP contribution in [0.2, 0.25) is 0 Å². The molecular formula is C11H11N5. The molecule has 0 saturated carbocycles. The van der Waals surface area contributed by atoms with E-state index in [1.165, 1.54) is 0 Å². The highest BCUT2D eigenvalue weighted by Crippen LogP contribution is 2.26. The fraction of sp³-hybridized carbons (Fsp3) is 0.0909. The van der Waals surface area contributed by atoms with Crippen LogP contribution >= 0.6 is 0 Å². The van der Waals surface area contributed by atoms with Gasteiger partial charge in [-0.1, -0.05) is 6.07 Å². The maximum Gasteiger partial charge on any atom is 0.153 e. The SMILES string of the molecule is Cn1cc(-c2ccc3nc[nH]c3c2)c(N)n1. The third-order valence-electron chi connectivity index (χ3n) is 2.59. The third kappa shape index (κ3) is 1.25. The number of rotatable bonds is 1. The van der Waals surface area contributed by atoms with Gasteiger partial charge in [0, 0.05) is 18.8 Å². The minimum absolute atomic E-state index is 0.543. The average molecular weight is 213 g/mol. The molecule has 0 atom stereocenters. The number of aromatic amines is 1. The molecule has 80 valence electrons. The number of anilines is 1. The number of fused-ring (bicyclic) bond motifs is 1. The maximum absolute atomic E-state index is 5.84. The number of nitrogens with one attached hydrogen (secondary N) is 1. The molecule has 3 aromatic rings. The standard InChI is InChI=1S/C11H11N5/c1-16-5-8(11(12)15-16)7-2-3-9-10(4-7)14-6-13-9/h2-6H,1H3,(H2,12,15)(H,13,14). The lowest BCUT2D eigenvalue weighted by Crippen LogP contribution is -1.90. The number of hydrogen-bond donors (Lipinski definition) is 2. The van der Waals surface area contributed by atoms with Gasteiger partial charge in [-0.2, -0.15) is 5.10 Å². The predicted octanol–water partition coefficient (Wildman–Crippen LogP) is 1.55. The van der Waals surface area contributed by atoms with Crippen molar-refractivity contribution < 1.29 is 0 Å². The summed E-state index contributed by atoms with van der Waals surface area (Å²) in [6.07, 6.45) is 3.59. The van der Waals surface area contributed by atoms with Crippen LogP contribution in [0.4, 0.5) is 5.82 Å². The van der Waals surface area contributed by atoms with Gasteiger partial charge in [-0.3, -0.25) is 4.68 Å². The number of hydrogen-bond acceptors (Lipinski definition) is 3. The zero-order chi connectivity index (χ0) is 11.1. The Labute approximate surface area is 91.9 Å². The summed E-state index contributed by atoms with van der Waals surface area (Å²) in [7, 11) is 1.86. The Morgan fingerprint density at radius 2 is 2.25 bits per heavy atom. The molecular weight excluding hydrogens is 202 g/mol. The molecule has 2 heterocycles. The van der Waals surface area contributed by atoms with E-state index in [4.69, 9.17) is 5.73 Å². The van der Waals surface area contributed by atoms with E-state index in [0.29, 0.717) is 5.82 Å². The van der Waals surface area contributed by atoms with Gasteiger partial charge in [0.25, 0.3) is 0 Å². The van der Waals surface area contributed by atoms with Crippen molar-refractivity contribution in [1.82, 2.24) is 19.7 Å². The van der Waals surface area contributed by atoms with Crippen LogP contribution < -0.4 is 5.73 Å². The van der Waals surface area contributed by atoms with Crippen LogP contribution in [0.3, 0.4) is 0 Å². The molecule has 3 N–H and O–H groups in total. The van der Waals surface area contributed by atoms with E-state index in [-0.39, 0.29) is 0 Å². The summed E-state index contributed by atoms with van der Waals surface area (Å²) < 4.78 is 1.71. The molecule has 1 aromatic carbocycles. The summed E-state index contributed by atoms with van der Waals surface area (Å²) in [5.74, 6) is 0.543. The first-order valence-corrected chi connectivity index (χ1v) is 4.96. The second-order valence-corrected chi connectivity index (χ2v) is 3.74. The Kier molecular flexibility index (Phi) is 1.73. The van der Waals surface area contributed by atoms with Gasteiger partial charge in [-0.05, 0) is 17.7 Å². The molecule has 0 amide bonds. The van der Waals surface area contributed by atoms with Gasteiger partial charge in [-0.15, -0.1) is 0 Å². The summed E-state index contributed by atoms with van der Waals surface area (Å²) in [4.78, 5) is 7.25. The predicted molar refractivity (Wildman–Crippen MR) is 62.7 cm³/mol. The van der Waals surface area contributed by atoms with Gasteiger partial charge in [0.15, 0.2) is 5.82 Å². The van der Waals surface area contributed by atoms with Gasteiger partial charge in [0.05, 0.1) is 17.4 Å². The van der Waals surface area contributed by atoms with E-state index in [0.717, 1.165) is 22.2 Å². The number of nitrogen functional groups attached to an aromatic ring is 1. The van der Waals surface area contributed by atoms with Crippen LogP contribution in [-0.4, -0.2) is 19.7 Å². The van der Waals surface area contributed by atoms with E-state index < -0.39 is 0 Å². The first-order chi connectivity index (χ1) is 7.74. The number of nitrogens with two attached hydrogens (primary N) is 1. The fourth-order valence-corrected chi connectivity index (χ4v) is 1.83. The molecule has 0 aliphatic rings. The Morgan fingerprint density at radius 1 is 1.38 bits per heavy atom. The van der Waals surface area contributed by atoms with Crippen molar-refractivity contribution in [3.8, 4) is 11.1 Å².